The second-order valence-corrected chi connectivity index (χ2v) is 5.68. The maximum absolute atomic E-state index is 5.53. The Kier molecular flexibility index (Phi) is 3.86. The first-order valence-corrected chi connectivity index (χ1v) is 7.34. The van der Waals surface area contributed by atoms with E-state index in [1.54, 1.807) is 6.20 Å². The van der Waals surface area contributed by atoms with Crippen LogP contribution >= 0.6 is 0 Å². The highest BCUT2D eigenvalue weighted by Crippen LogP contribution is 2.19. The van der Waals surface area contributed by atoms with Crippen molar-refractivity contribution in [2.75, 3.05) is 45.8 Å². The van der Waals surface area contributed by atoms with Crippen LogP contribution in [0.5, 0.6) is 0 Å². The van der Waals surface area contributed by atoms with E-state index in [-0.39, 0.29) is 0 Å². The summed E-state index contributed by atoms with van der Waals surface area (Å²) in [7, 11) is 0. The average molecular weight is 264 g/mol. The number of hydrogen-bond acceptors (Lipinski definition) is 5. The summed E-state index contributed by atoms with van der Waals surface area (Å²) in [4.78, 5) is 11.9. The van der Waals surface area contributed by atoms with Crippen molar-refractivity contribution in [3.63, 3.8) is 0 Å². The molecule has 2 aliphatic rings. The lowest BCUT2D eigenvalue weighted by Crippen LogP contribution is -2.62. The molecule has 0 saturated carbocycles. The van der Waals surface area contributed by atoms with Gasteiger partial charge in [0.25, 0.3) is 0 Å². The Balaban J connectivity index is 1.41. The molecule has 0 spiro atoms. The van der Waals surface area contributed by atoms with E-state index in [9.17, 15) is 0 Å². The number of hydrogen-bond donors (Lipinski definition) is 0. The average Bonchev–Trinajstić information content (AvgIpc) is 2.79. The lowest BCUT2D eigenvalue weighted by atomic mass is 10.1. The van der Waals surface area contributed by atoms with E-state index >= 15 is 0 Å². The molecule has 0 N–H and O–H groups in total. The Morgan fingerprint density at radius 3 is 2.53 bits per heavy atom. The van der Waals surface area contributed by atoms with E-state index in [0.717, 1.165) is 37.3 Å². The van der Waals surface area contributed by atoms with Gasteiger partial charge in [0.2, 0.25) is 5.89 Å². The van der Waals surface area contributed by atoms with Crippen LogP contribution in [0.2, 0.25) is 0 Å². The molecule has 106 valence electrons. The minimum atomic E-state index is 0.745. The van der Waals surface area contributed by atoms with Gasteiger partial charge >= 0.3 is 0 Å². The number of oxazole rings is 1. The zero-order chi connectivity index (χ0) is 13.2. The van der Waals surface area contributed by atoms with Crippen LogP contribution in [0.25, 0.3) is 0 Å². The Morgan fingerprint density at radius 1 is 1.21 bits per heavy atom. The van der Waals surface area contributed by atoms with Gasteiger partial charge in [-0.05, 0) is 13.5 Å². The molecule has 0 aliphatic carbocycles. The summed E-state index contributed by atoms with van der Waals surface area (Å²) < 4.78 is 5.53. The van der Waals surface area contributed by atoms with Gasteiger partial charge in [0.05, 0.1) is 12.7 Å². The van der Waals surface area contributed by atoms with E-state index in [0.29, 0.717) is 0 Å². The van der Waals surface area contributed by atoms with Crippen LogP contribution in [0.3, 0.4) is 0 Å². The van der Waals surface area contributed by atoms with Gasteiger partial charge < -0.3 is 9.32 Å². The molecule has 2 aliphatic heterocycles. The van der Waals surface area contributed by atoms with Crippen LogP contribution in [-0.4, -0.2) is 71.5 Å². The van der Waals surface area contributed by atoms with Crippen molar-refractivity contribution in [3.8, 4) is 0 Å². The Morgan fingerprint density at radius 2 is 1.95 bits per heavy atom. The zero-order valence-corrected chi connectivity index (χ0v) is 12.0. The smallest absolute Gasteiger partial charge is 0.208 e. The summed E-state index contributed by atoms with van der Waals surface area (Å²) >= 11 is 0. The second kappa shape index (κ2) is 5.61. The van der Waals surface area contributed by atoms with Gasteiger partial charge in [-0.3, -0.25) is 9.80 Å². The monoisotopic (exact) mass is 264 g/mol. The van der Waals surface area contributed by atoms with Gasteiger partial charge in [-0.15, -0.1) is 0 Å². The number of likely N-dealkylation sites (N-methyl/N-ethyl adjacent to an activating group) is 1. The predicted molar refractivity (Wildman–Crippen MR) is 74.0 cm³/mol. The molecule has 3 rings (SSSR count). The third-order valence-corrected chi connectivity index (χ3v) is 4.34. The van der Waals surface area contributed by atoms with Crippen LogP contribution in [0.4, 0.5) is 0 Å². The first kappa shape index (κ1) is 13.1. The number of rotatable bonds is 4. The topological polar surface area (TPSA) is 35.8 Å². The van der Waals surface area contributed by atoms with E-state index < -0.39 is 0 Å². The van der Waals surface area contributed by atoms with Crippen LogP contribution in [0.1, 0.15) is 18.6 Å². The predicted octanol–water partition coefficient (Wildman–Crippen LogP) is 0.805. The molecule has 0 amide bonds. The number of aryl methyl sites for hydroxylation is 1. The highest BCUT2D eigenvalue weighted by molar-refractivity contribution is 4.95. The molecule has 0 bridgehead atoms. The second-order valence-electron chi connectivity index (χ2n) is 5.68. The number of likely N-dealkylation sites (tertiary alicyclic amines) is 1. The molecule has 5 heteroatoms. The maximum Gasteiger partial charge on any atom is 0.208 e. The van der Waals surface area contributed by atoms with Crippen molar-refractivity contribution in [2.45, 2.75) is 26.4 Å². The lowest BCUT2D eigenvalue weighted by Gasteiger charge is -2.47. The van der Waals surface area contributed by atoms with Gasteiger partial charge in [0.15, 0.2) is 0 Å². The molecule has 2 saturated heterocycles. The first-order valence-electron chi connectivity index (χ1n) is 7.34. The SMILES string of the molecule is CCN1CCN(C2CN(Cc3ncc(C)o3)C2)CC1. The molecular weight excluding hydrogens is 240 g/mol. The Labute approximate surface area is 115 Å². The molecule has 2 fully saturated rings. The molecule has 0 atom stereocenters. The van der Waals surface area contributed by atoms with Crippen molar-refractivity contribution in [1.82, 2.24) is 19.7 Å². The van der Waals surface area contributed by atoms with Crippen molar-refractivity contribution >= 4 is 0 Å². The quantitative estimate of drug-likeness (QED) is 0.804. The Bertz CT molecular complexity index is 405. The van der Waals surface area contributed by atoms with Crippen molar-refractivity contribution in [2.24, 2.45) is 0 Å². The third-order valence-electron chi connectivity index (χ3n) is 4.34. The Hall–Kier alpha value is -0.910. The minimum absolute atomic E-state index is 0.745. The summed E-state index contributed by atoms with van der Waals surface area (Å²) in [6, 6.07) is 0.745. The van der Waals surface area contributed by atoms with Gasteiger partial charge in [-0.25, -0.2) is 4.98 Å². The summed E-state index contributed by atoms with van der Waals surface area (Å²) in [5.41, 5.74) is 0. The molecule has 1 aromatic heterocycles. The summed E-state index contributed by atoms with van der Waals surface area (Å²) in [6.45, 7) is 13.5. The lowest BCUT2D eigenvalue weighted by molar-refractivity contribution is -0.00148. The molecule has 1 aromatic rings. The maximum atomic E-state index is 5.53. The van der Waals surface area contributed by atoms with E-state index in [2.05, 4.69) is 26.6 Å². The highest BCUT2D eigenvalue weighted by Gasteiger charge is 2.33. The summed E-state index contributed by atoms with van der Waals surface area (Å²) in [6.07, 6.45) is 1.80. The van der Waals surface area contributed by atoms with E-state index in [4.69, 9.17) is 4.42 Å². The molecule has 3 heterocycles. The fourth-order valence-corrected chi connectivity index (χ4v) is 3.01. The molecule has 0 unspecified atom stereocenters. The highest BCUT2D eigenvalue weighted by atomic mass is 16.4. The van der Waals surface area contributed by atoms with E-state index in [1.165, 1.54) is 32.7 Å². The number of aromatic nitrogens is 1. The molecule has 19 heavy (non-hydrogen) atoms. The molecular formula is C14H24N4O. The van der Waals surface area contributed by atoms with Crippen LogP contribution < -0.4 is 0 Å². The van der Waals surface area contributed by atoms with Gasteiger partial charge in [0.1, 0.15) is 5.76 Å². The summed E-state index contributed by atoms with van der Waals surface area (Å²) in [5, 5.41) is 0. The molecule has 0 radical (unpaired) electrons. The standard InChI is InChI=1S/C14H24N4O/c1-3-16-4-6-18(7-5-16)13-9-17(10-13)11-14-15-8-12(2)19-14/h8,13H,3-7,9-11H2,1-2H3. The van der Waals surface area contributed by atoms with Crippen molar-refractivity contribution in [3.05, 3.63) is 17.8 Å². The fraction of sp³-hybridized carbons (Fsp3) is 0.786. The largest absolute Gasteiger partial charge is 0.445 e. The van der Waals surface area contributed by atoms with Crippen LogP contribution in [0.15, 0.2) is 10.6 Å². The minimum Gasteiger partial charge on any atom is -0.445 e. The van der Waals surface area contributed by atoms with Crippen molar-refractivity contribution < 1.29 is 4.42 Å². The van der Waals surface area contributed by atoms with Gasteiger partial charge in [-0.1, -0.05) is 6.92 Å². The fourth-order valence-electron chi connectivity index (χ4n) is 3.01. The normalized spacial score (nSPS) is 23.7. The first-order chi connectivity index (χ1) is 9.24. The van der Waals surface area contributed by atoms with Crippen LogP contribution in [0, 0.1) is 6.92 Å². The number of nitrogens with zero attached hydrogens (tertiary/aromatic N) is 4. The molecule has 0 aromatic carbocycles. The van der Waals surface area contributed by atoms with Crippen LogP contribution in [-0.2, 0) is 6.54 Å². The van der Waals surface area contributed by atoms with E-state index in [1.807, 2.05) is 6.92 Å². The van der Waals surface area contributed by atoms with Gasteiger partial charge in [0, 0.05) is 45.3 Å². The van der Waals surface area contributed by atoms with Crippen molar-refractivity contribution in [1.29, 1.82) is 0 Å². The third kappa shape index (κ3) is 2.99. The van der Waals surface area contributed by atoms with Gasteiger partial charge in [-0.2, -0.15) is 0 Å². The zero-order valence-electron chi connectivity index (χ0n) is 12.0. The summed E-state index contributed by atoms with van der Waals surface area (Å²) in [5.74, 6) is 1.76. The number of piperazine rings is 1. The molecule has 5 nitrogen and oxygen atoms in total.